The molecule has 0 bridgehead atoms. The number of pyridine rings is 1. The van der Waals surface area contributed by atoms with Crippen LogP contribution in [-0.2, 0) is 6.54 Å². The monoisotopic (exact) mass is 278 g/mol. The Morgan fingerprint density at radius 2 is 1.90 bits per heavy atom. The molecule has 0 atom stereocenters. The molecule has 0 amide bonds. The normalized spacial score (nSPS) is 11.4. The summed E-state index contributed by atoms with van der Waals surface area (Å²) in [6.45, 7) is 14.5. The van der Waals surface area contributed by atoms with Crippen molar-refractivity contribution in [2.75, 3.05) is 6.61 Å². The third-order valence-electron chi connectivity index (χ3n) is 3.29. The summed E-state index contributed by atoms with van der Waals surface area (Å²) in [6.07, 6.45) is 2.29. The van der Waals surface area contributed by atoms with Crippen molar-refractivity contribution in [1.82, 2.24) is 10.3 Å². The second-order valence-electron chi connectivity index (χ2n) is 6.28. The maximum atomic E-state index is 5.93. The molecule has 0 aliphatic rings. The maximum Gasteiger partial charge on any atom is 0.218 e. The van der Waals surface area contributed by atoms with Crippen LogP contribution in [0.25, 0.3) is 0 Å². The topological polar surface area (TPSA) is 34.1 Å². The van der Waals surface area contributed by atoms with Gasteiger partial charge in [-0.3, -0.25) is 0 Å². The third kappa shape index (κ3) is 5.91. The molecular weight excluding hydrogens is 248 g/mol. The third-order valence-corrected chi connectivity index (χ3v) is 3.29. The average molecular weight is 278 g/mol. The van der Waals surface area contributed by atoms with Gasteiger partial charge in [0.25, 0.3) is 0 Å². The number of nitrogens with one attached hydrogen (secondary N) is 1. The number of aromatic nitrogens is 1. The standard InChI is InChI=1S/C17H30N2O/c1-12(2)8-7-9-20-17-16(11-18-13(3)4)14(5)10-15(6)19-17/h10,12-13,18H,7-9,11H2,1-6H3. The summed E-state index contributed by atoms with van der Waals surface area (Å²) in [7, 11) is 0. The van der Waals surface area contributed by atoms with Crippen LogP contribution in [0.5, 0.6) is 5.88 Å². The first-order chi connectivity index (χ1) is 9.40. The number of rotatable bonds is 8. The van der Waals surface area contributed by atoms with Crippen LogP contribution in [-0.4, -0.2) is 17.6 Å². The van der Waals surface area contributed by atoms with Crippen molar-refractivity contribution in [3.05, 3.63) is 22.9 Å². The smallest absolute Gasteiger partial charge is 0.218 e. The summed E-state index contributed by atoms with van der Waals surface area (Å²) >= 11 is 0. The number of nitrogens with zero attached hydrogens (tertiary/aromatic N) is 1. The van der Waals surface area contributed by atoms with Crippen molar-refractivity contribution in [2.24, 2.45) is 5.92 Å². The predicted octanol–water partition coefficient (Wildman–Crippen LogP) is 4.01. The second kappa shape index (κ2) is 8.25. The van der Waals surface area contributed by atoms with Gasteiger partial charge in [-0.1, -0.05) is 27.7 Å². The molecule has 1 rings (SSSR count). The highest BCUT2D eigenvalue weighted by Crippen LogP contribution is 2.21. The molecule has 0 fully saturated rings. The molecule has 0 aromatic carbocycles. The van der Waals surface area contributed by atoms with Crippen molar-refractivity contribution in [3.8, 4) is 5.88 Å². The first-order valence-electron chi connectivity index (χ1n) is 7.73. The van der Waals surface area contributed by atoms with Crippen LogP contribution in [0, 0.1) is 19.8 Å². The summed E-state index contributed by atoms with van der Waals surface area (Å²) < 4.78 is 5.93. The first-order valence-corrected chi connectivity index (χ1v) is 7.73. The minimum atomic E-state index is 0.462. The van der Waals surface area contributed by atoms with Crippen molar-refractivity contribution in [1.29, 1.82) is 0 Å². The molecule has 0 saturated heterocycles. The molecule has 0 saturated carbocycles. The van der Waals surface area contributed by atoms with Gasteiger partial charge in [0.1, 0.15) is 0 Å². The Balaban J connectivity index is 2.70. The lowest BCUT2D eigenvalue weighted by atomic mass is 10.1. The van der Waals surface area contributed by atoms with Crippen LogP contribution in [0.3, 0.4) is 0 Å². The highest BCUT2D eigenvalue weighted by Gasteiger charge is 2.10. The number of ether oxygens (including phenoxy) is 1. The summed E-state index contributed by atoms with van der Waals surface area (Å²) in [5.41, 5.74) is 3.47. The minimum Gasteiger partial charge on any atom is -0.477 e. The van der Waals surface area contributed by atoms with Crippen LogP contribution in [0.4, 0.5) is 0 Å². The van der Waals surface area contributed by atoms with Gasteiger partial charge in [0.05, 0.1) is 6.61 Å². The van der Waals surface area contributed by atoms with Crippen LogP contribution < -0.4 is 10.1 Å². The molecule has 0 radical (unpaired) electrons. The van der Waals surface area contributed by atoms with E-state index in [9.17, 15) is 0 Å². The summed E-state index contributed by atoms with van der Waals surface area (Å²) in [6, 6.07) is 2.59. The van der Waals surface area contributed by atoms with Crippen molar-refractivity contribution < 1.29 is 4.74 Å². The Morgan fingerprint density at radius 3 is 2.50 bits per heavy atom. The molecule has 3 heteroatoms. The molecule has 0 aliphatic carbocycles. The second-order valence-corrected chi connectivity index (χ2v) is 6.28. The van der Waals surface area contributed by atoms with E-state index in [2.05, 4.69) is 51.0 Å². The zero-order valence-electron chi connectivity index (χ0n) is 13.9. The van der Waals surface area contributed by atoms with Crippen LogP contribution in [0.2, 0.25) is 0 Å². The number of hydrogen-bond acceptors (Lipinski definition) is 3. The van der Waals surface area contributed by atoms with Crippen molar-refractivity contribution >= 4 is 0 Å². The summed E-state index contributed by atoms with van der Waals surface area (Å²) in [4.78, 5) is 4.57. The first kappa shape index (κ1) is 17.0. The highest BCUT2D eigenvalue weighted by atomic mass is 16.5. The minimum absolute atomic E-state index is 0.462. The summed E-state index contributed by atoms with van der Waals surface area (Å²) in [5, 5.41) is 3.45. The van der Waals surface area contributed by atoms with E-state index in [1.807, 2.05) is 6.92 Å². The molecule has 1 aromatic rings. The number of aryl methyl sites for hydroxylation is 2. The molecule has 1 heterocycles. The van der Waals surface area contributed by atoms with E-state index in [-0.39, 0.29) is 0 Å². The predicted molar refractivity (Wildman–Crippen MR) is 85.3 cm³/mol. The van der Waals surface area contributed by atoms with Crippen LogP contribution in [0.1, 0.15) is 57.4 Å². The molecule has 0 aliphatic heterocycles. The van der Waals surface area contributed by atoms with E-state index < -0.39 is 0 Å². The molecule has 3 nitrogen and oxygen atoms in total. The van der Waals surface area contributed by atoms with Gasteiger partial charge < -0.3 is 10.1 Å². The van der Waals surface area contributed by atoms with Crippen molar-refractivity contribution in [3.63, 3.8) is 0 Å². The van der Waals surface area contributed by atoms with E-state index in [1.165, 1.54) is 17.5 Å². The van der Waals surface area contributed by atoms with Gasteiger partial charge in [0.15, 0.2) is 0 Å². The van der Waals surface area contributed by atoms with Crippen molar-refractivity contribution in [2.45, 2.75) is 67.0 Å². The van der Waals surface area contributed by atoms with Gasteiger partial charge in [-0.15, -0.1) is 0 Å². The van der Waals surface area contributed by atoms with Crippen LogP contribution >= 0.6 is 0 Å². The molecule has 1 aromatic heterocycles. The Morgan fingerprint density at radius 1 is 1.20 bits per heavy atom. The lowest BCUT2D eigenvalue weighted by Gasteiger charge is -2.16. The maximum absolute atomic E-state index is 5.93. The zero-order valence-corrected chi connectivity index (χ0v) is 13.9. The Hall–Kier alpha value is -1.09. The average Bonchev–Trinajstić information content (AvgIpc) is 2.32. The Bertz CT molecular complexity index is 414. The van der Waals surface area contributed by atoms with Gasteiger partial charge in [-0.05, 0) is 44.2 Å². The van der Waals surface area contributed by atoms with Crippen LogP contribution in [0.15, 0.2) is 6.07 Å². The molecule has 114 valence electrons. The molecule has 20 heavy (non-hydrogen) atoms. The van der Waals surface area contributed by atoms with E-state index in [4.69, 9.17) is 4.74 Å². The van der Waals surface area contributed by atoms with E-state index in [1.54, 1.807) is 0 Å². The van der Waals surface area contributed by atoms with E-state index in [0.29, 0.717) is 6.04 Å². The largest absolute Gasteiger partial charge is 0.477 e. The zero-order chi connectivity index (χ0) is 15.1. The van der Waals surface area contributed by atoms with Gasteiger partial charge in [0.2, 0.25) is 5.88 Å². The number of hydrogen-bond donors (Lipinski definition) is 1. The van der Waals surface area contributed by atoms with Gasteiger partial charge in [0, 0.05) is 23.8 Å². The quantitative estimate of drug-likeness (QED) is 0.730. The molecule has 0 spiro atoms. The highest BCUT2D eigenvalue weighted by molar-refractivity contribution is 5.35. The SMILES string of the molecule is Cc1cc(C)c(CNC(C)C)c(OCCCC(C)C)n1. The van der Waals surface area contributed by atoms with E-state index >= 15 is 0 Å². The fourth-order valence-corrected chi connectivity index (χ4v) is 2.13. The van der Waals surface area contributed by atoms with Gasteiger partial charge in [-0.25, -0.2) is 4.98 Å². The summed E-state index contributed by atoms with van der Waals surface area (Å²) in [5.74, 6) is 1.53. The molecule has 1 N–H and O–H groups in total. The Labute approximate surface area is 124 Å². The fourth-order valence-electron chi connectivity index (χ4n) is 2.13. The van der Waals surface area contributed by atoms with E-state index in [0.717, 1.165) is 37.1 Å². The Kier molecular flexibility index (Phi) is 7.00. The van der Waals surface area contributed by atoms with Gasteiger partial charge in [-0.2, -0.15) is 0 Å². The van der Waals surface area contributed by atoms with Gasteiger partial charge >= 0.3 is 0 Å². The lowest BCUT2D eigenvalue weighted by Crippen LogP contribution is -2.23. The molecule has 0 unspecified atom stereocenters. The lowest BCUT2D eigenvalue weighted by molar-refractivity contribution is 0.282. The molecular formula is C17H30N2O. The fraction of sp³-hybridized carbons (Fsp3) is 0.706.